The molecule has 0 unspecified atom stereocenters. The van der Waals surface area contributed by atoms with Crippen molar-refractivity contribution in [1.82, 2.24) is 39.7 Å². The molecule has 0 fully saturated rings. The number of hydrogen-bond donors (Lipinski definition) is 6. The Hall–Kier alpha value is -4.12. The molecule has 0 aliphatic heterocycles. The molecule has 0 saturated heterocycles. The average molecular weight is 855 g/mol. The molecule has 0 amide bonds. The molecule has 0 saturated carbocycles. The van der Waals surface area contributed by atoms with Gasteiger partial charge in [0.25, 0.3) is 20.2 Å². The lowest BCUT2D eigenvalue weighted by Crippen LogP contribution is -2.79. The molecule has 0 radical (unpaired) electrons. The van der Waals surface area contributed by atoms with Crippen LogP contribution in [0.3, 0.4) is 0 Å². The number of nitrogens with one attached hydrogen (secondary N) is 3. The Kier molecular flexibility index (Phi) is 16.6. The van der Waals surface area contributed by atoms with Crippen LogP contribution in [0.1, 0.15) is 51.7 Å². The first-order chi connectivity index (χ1) is 26.6. The fourth-order valence-electron chi connectivity index (χ4n) is 5.51. The summed E-state index contributed by atoms with van der Waals surface area (Å²) < 4.78 is 70.1. The van der Waals surface area contributed by atoms with Crippen LogP contribution < -0.4 is 21.3 Å². The van der Waals surface area contributed by atoms with Gasteiger partial charge in [0.1, 0.15) is 9.79 Å². The van der Waals surface area contributed by atoms with E-state index in [1.807, 2.05) is 5.32 Å². The molecule has 304 valence electrons. The van der Waals surface area contributed by atoms with Crippen LogP contribution >= 0.6 is 23.2 Å². The van der Waals surface area contributed by atoms with Crippen molar-refractivity contribution in [3.05, 3.63) is 58.1 Å². The van der Waals surface area contributed by atoms with Gasteiger partial charge in [0.15, 0.2) is 0 Å². The van der Waals surface area contributed by atoms with Gasteiger partial charge in [-0.15, -0.1) is 9.97 Å². The second kappa shape index (κ2) is 20.9. The van der Waals surface area contributed by atoms with Crippen molar-refractivity contribution in [1.29, 1.82) is 0 Å². The maximum Gasteiger partial charge on any atom is 0.331 e. The minimum atomic E-state index is -4.80. The first-order valence-corrected chi connectivity index (χ1v) is 21.6. The molecule has 7 N–H and O–H groups in total. The summed E-state index contributed by atoms with van der Waals surface area (Å²) >= 11 is 12.3. The molecule has 0 spiro atoms. The Morgan fingerprint density at radius 2 is 1.12 bits per heavy atom. The Bertz CT molecular complexity index is 2040. The van der Waals surface area contributed by atoms with Gasteiger partial charge in [-0.3, -0.25) is 14.4 Å². The highest BCUT2D eigenvalue weighted by Crippen LogP contribution is 2.28. The van der Waals surface area contributed by atoms with Gasteiger partial charge in [-0.05, 0) is 97.7 Å². The number of rotatable bonds is 22. The average Bonchev–Trinajstić information content (AvgIpc) is 3.13. The summed E-state index contributed by atoms with van der Waals surface area (Å²) in [6, 6.07) is 8.07. The third-order valence-corrected chi connectivity index (χ3v) is 10.7. The molecule has 0 atom stereocenters. The number of anilines is 5. The fraction of sp³-hybridized carbons (Fsp3) is 0.412. The highest BCUT2D eigenvalue weighted by molar-refractivity contribution is 7.86. The van der Waals surface area contributed by atoms with Gasteiger partial charge in [0.2, 0.25) is 28.4 Å². The van der Waals surface area contributed by atoms with Gasteiger partial charge in [0, 0.05) is 30.9 Å². The quantitative estimate of drug-likeness (QED) is 0.0360. The summed E-state index contributed by atoms with van der Waals surface area (Å²) in [5, 5.41) is 10.5. The van der Waals surface area contributed by atoms with Crippen LogP contribution in [0.25, 0.3) is 12.2 Å². The molecule has 56 heavy (non-hydrogen) atoms. The van der Waals surface area contributed by atoms with Gasteiger partial charge in [-0.2, -0.15) is 36.8 Å². The second-order valence-corrected chi connectivity index (χ2v) is 15.7. The standard InChI is InChI=1S/C34H46Cl2N12O6S2/c1-5-47(6-2)19-9-17-37-31-41-29(35)43-33(45-31)39-25-15-13-23(27(21-25)55(49,50)51)11-12-24-14-16-26(22-28(24)56(52,53)54)40-34-44-30(36)42-32(46-34)38-18-10-20-48(7-3)8-4/h11-16,21-22H,5-10,17-20H2,1-4H3,(H,49,50,51)(H,52,53,54)(H2,37,39,41,43,45)(H2,38,40,42,44,46)/p+1/b12-11+. The number of nitrogens with two attached hydrogens (primary N) is 1. The van der Waals surface area contributed by atoms with E-state index in [0.29, 0.717) is 19.0 Å². The molecular formula is C34H47Cl2N12O6S2+. The Morgan fingerprint density at radius 1 is 0.661 bits per heavy atom. The Balaban J connectivity index is 1.52. The summed E-state index contributed by atoms with van der Waals surface area (Å²) in [4.78, 5) is 28.6. The maximum atomic E-state index is 12.5. The minimum Gasteiger partial charge on any atom is -0.354 e. The zero-order valence-electron chi connectivity index (χ0n) is 31.4. The van der Waals surface area contributed by atoms with E-state index in [4.69, 9.17) is 23.2 Å². The van der Waals surface area contributed by atoms with E-state index in [1.165, 1.54) is 36.4 Å². The van der Waals surface area contributed by atoms with E-state index in [9.17, 15) is 25.9 Å². The molecule has 4 rings (SSSR count). The minimum absolute atomic E-state index is 0.00600. The summed E-state index contributed by atoms with van der Waals surface area (Å²) in [6.07, 6.45) is 4.28. The van der Waals surface area contributed by atoms with E-state index in [1.54, 1.807) is 0 Å². The van der Waals surface area contributed by atoms with Gasteiger partial charge in [0.05, 0.1) is 6.54 Å². The van der Waals surface area contributed by atoms with Crippen LogP contribution in [-0.2, 0) is 20.2 Å². The predicted molar refractivity (Wildman–Crippen MR) is 217 cm³/mol. The SMILES string of the molecule is CCN(CC)CCCNc1nc(Cl)nc(Nc2ccc(/C=C/c3ccc(Nc4nc(Cl)nc([NH2+]CCCN(CC)CC)n4)cc3S(=O)(=O)O)c(S(=O)(=O)O)c2)n1. The van der Waals surface area contributed by atoms with Crippen molar-refractivity contribution < 1.29 is 31.3 Å². The van der Waals surface area contributed by atoms with E-state index in [0.717, 1.165) is 64.2 Å². The number of hydrogen-bond acceptors (Lipinski definition) is 15. The topological polar surface area (TPSA) is 245 Å². The van der Waals surface area contributed by atoms with E-state index in [-0.39, 0.29) is 50.9 Å². The smallest absolute Gasteiger partial charge is 0.331 e. The first kappa shape index (κ1) is 44.6. The predicted octanol–water partition coefficient (Wildman–Crippen LogP) is 4.59. The highest BCUT2D eigenvalue weighted by Gasteiger charge is 2.19. The zero-order valence-corrected chi connectivity index (χ0v) is 34.6. The van der Waals surface area contributed by atoms with Crippen molar-refractivity contribution >= 4 is 90.8 Å². The summed E-state index contributed by atoms with van der Waals surface area (Å²) in [7, 11) is -9.59. The van der Waals surface area contributed by atoms with Crippen molar-refractivity contribution in [2.75, 3.05) is 68.3 Å². The van der Waals surface area contributed by atoms with Crippen LogP contribution in [0.15, 0.2) is 46.2 Å². The molecule has 0 bridgehead atoms. The third kappa shape index (κ3) is 13.8. The molecule has 2 heterocycles. The number of halogens is 2. The molecular weight excluding hydrogens is 807 g/mol. The zero-order chi connectivity index (χ0) is 40.9. The number of nitrogens with zero attached hydrogens (tertiary/aromatic N) is 8. The van der Waals surface area contributed by atoms with Gasteiger partial charge in [-0.1, -0.05) is 52.0 Å². The lowest BCUT2D eigenvalue weighted by Gasteiger charge is -2.17. The van der Waals surface area contributed by atoms with Gasteiger partial charge < -0.3 is 25.8 Å². The number of benzene rings is 2. The second-order valence-electron chi connectivity index (χ2n) is 12.3. The van der Waals surface area contributed by atoms with Crippen LogP contribution in [0.4, 0.5) is 35.2 Å². The highest BCUT2D eigenvalue weighted by atomic mass is 35.5. The van der Waals surface area contributed by atoms with Crippen LogP contribution in [-0.4, -0.2) is 118 Å². The van der Waals surface area contributed by atoms with Crippen LogP contribution in [0.5, 0.6) is 0 Å². The Labute approximate surface area is 337 Å². The van der Waals surface area contributed by atoms with Gasteiger partial charge >= 0.3 is 5.95 Å². The summed E-state index contributed by atoms with van der Waals surface area (Å²) in [5.41, 5.74) is 0.410. The van der Waals surface area contributed by atoms with Crippen molar-refractivity contribution in [2.24, 2.45) is 0 Å². The molecule has 2 aromatic heterocycles. The fourth-order valence-corrected chi connectivity index (χ4v) is 7.26. The summed E-state index contributed by atoms with van der Waals surface area (Å²) in [6.45, 7) is 15.3. The molecule has 22 heteroatoms. The monoisotopic (exact) mass is 853 g/mol. The third-order valence-electron chi connectivity index (χ3n) is 8.50. The number of quaternary nitrogens is 1. The molecule has 2 aromatic carbocycles. The molecule has 4 aromatic rings. The lowest BCUT2D eigenvalue weighted by molar-refractivity contribution is -0.579. The number of aromatic nitrogens is 6. The normalized spacial score (nSPS) is 12.2. The largest absolute Gasteiger partial charge is 0.354 e. The molecule has 0 aliphatic carbocycles. The Morgan fingerprint density at radius 3 is 1.62 bits per heavy atom. The first-order valence-electron chi connectivity index (χ1n) is 17.9. The van der Waals surface area contributed by atoms with E-state index < -0.39 is 30.0 Å². The maximum absolute atomic E-state index is 12.5. The summed E-state index contributed by atoms with van der Waals surface area (Å²) in [5.74, 6) is 0.628. The van der Waals surface area contributed by atoms with Gasteiger partial charge in [-0.25, -0.2) is 0 Å². The van der Waals surface area contributed by atoms with E-state index in [2.05, 4.69) is 83.3 Å². The lowest BCUT2D eigenvalue weighted by atomic mass is 10.1. The van der Waals surface area contributed by atoms with Crippen molar-refractivity contribution in [3.63, 3.8) is 0 Å². The van der Waals surface area contributed by atoms with Crippen molar-refractivity contribution in [3.8, 4) is 0 Å². The van der Waals surface area contributed by atoms with E-state index >= 15 is 0 Å². The molecule has 18 nitrogen and oxygen atoms in total. The van der Waals surface area contributed by atoms with Crippen molar-refractivity contribution in [2.45, 2.75) is 50.3 Å². The van der Waals surface area contributed by atoms with Crippen LogP contribution in [0, 0.1) is 0 Å². The van der Waals surface area contributed by atoms with Crippen LogP contribution in [0.2, 0.25) is 10.6 Å². The molecule has 0 aliphatic rings.